The molecule has 7 nitrogen and oxygen atoms in total. The van der Waals surface area contributed by atoms with Crippen LogP contribution in [0.1, 0.15) is 31.7 Å². The van der Waals surface area contributed by atoms with Gasteiger partial charge in [0.1, 0.15) is 11.5 Å². The number of halogens is 4. The number of alkyl halides is 3. The summed E-state index contributed by atoms with van der Waals surface area (Å²) in [5, 5.41) is 8.22. The van der Waals surface area contributed by atoms with Crippen LogP contribution >= 0.6 is 0 Å². The van der Waals surface area contributed by atoms with Crippen LogP contribution in [0.25, 0.3) is 0 Å². The zero-order valence-corrected chi connectivity index (χ0v) is 21.0. The average Bonchev–Trinajstić information content (AvgIpc) is 3.36. The quantitative estimate of drug-likeness (QED) is 0.314. The Bertz CT molecular complexity index is 1220. The van der Waals surface area contributed by atoms with Gasteiger partial charge in [-0.1, -0.05) is 12.1 Å². The second-order valence-corrected chi connectivity index (χ2v) is 9.97. The first-order valence-electron chi connectivity index (χ1n) is 12.6. The lowest BCUT2D eigenvalue weighted by Gasteiger charge is -2.40. The Hall–Kier alpha value is -3.37. The molecule has 1 aliphatic carbocycles. The fourth-order valence-corrected chi connectivity index (χ4v) is 5.75. The molecule has 198 valence electrons. The predicted octanol–water partition coefficient (Wildman–Crippen LogP) is 5.44. The van der Waals surface area contributed by atoms with Gasteiger partial charge in [-0.05, 0) is 75.4 Å². The average molecular weight is 518 g/mol. The number of aryl methyl sites for hydroxylation is 2. The summed E-state index contributed by atoms with van der Waals surface area (Å²) < 4.78 is 55.8. The lowest BCUT2D eigenvalue weighted by atomic mass is 9.91. The minimum atomic E-state index is -4.54. The maximum atomic E-state index is 14.2. The first-order chi connectivity index (χ1) is 17.7. The van der Waals surface area contributed by atoms with Crippen molar-refractivity contribution in [2.75, 3.05) is 29.9 Å². The minimum Gasteiger partial charge on any atom is -0.371 e. The molecule has 0 radical (unpaired) electrons. The van der Waals surface area contributed by atoms with Crippen LogP contribution in [0.4, 0.5) is 35.1 Å². The first kappa shape index (κ1) is 25.3. The predicted molar refractivity (Wildman–Crippen MR) is 135 cm³/mol. The molecule has 2 fully saturated rings. The van der Waals surface area contributed by atoms with Crippen molar-refractivity contribution in [3.63, 3.8) is 0 Å². The summed E-state index contributed by atoms with van der Waals surface area (Å²) in [6.07, 6.45) is 1.06. The maximum absolute atomic E-state index is 14.2. The van der Waals surface area contributed by atoms with Gasteiger partial charge >= 0.3 is 6.18 Å². The molecule has 1 saturated carbocycles. The number of nitrogens with zero attached hydrogens (tertiary/aromatic N) is 6. The number of benzene rings is 1. The van der Waals surface area contributed by atoms with Gasteiger partial charge in [-0.3, -0.25) is 4.99 Å². The minimum absolute atomic E-state index is 0.132. The van der Waals surface area contributed by atoms with E-state index in [-0.39, 0.29) is 23.7 Å². The van der Waals surface area contributed by atoms with Gasteiger partial charge in [-0.15, -0.1) is 5.10 Å². The van der Waals surface area contributed by atoms with Crippen LogP contribution in [0.5, 0.6) is 0 Å². The van der Waals surface area contributed by atoms with E-state index >= 15 is 0 Å². The Morgan fingerprint density at radius 1 is 1.19 bits per heavy atom. The highest BCUT2D eigenvalue weighted by molar-refractivity contribution is 5.60. The third-order valence-corrected chi connectivity index (χ3v) is 7.65. The third kappa shape index (κ3) is 4.95. The second kappa shape index (κ2) is 9.83. The molecule has 5 rings (SSSR count). The van der Waals surface area contributed by atoms with Crippen LogP contribution in [0.3, 0.4) is 0 Å². The summed E-state index contributed by atoms with van der Waals surface area (Å²) >= 11 is 0. The Morgan fingerprint density at radius 3 is 2.54 bits per heavy atom. The molecule has 3 atom stereocenters. The lowest BCUT2D eigenvalue weighted by molar-refractivity contribution is -0.0923. The van der Waals surface area contributed by atoms with E-state index in [4.69, 9.17) is 4.98 Å². The summed E-state index contributed by atoms with van der Waals surface area (Å²) in [6, 6.07) is 5.32. The first-order valence-corrected chi connectivity index (χ1v) is 12.6. The number of hydrogen-bond donors (Lipinski definition) is 1. The topological polar surface area (TPSA) is 61.6 Å². The Kier molecular flexibility index (Phi) is 6.72. The van der Waals surface area contributed by atoms with Gasteiger partial charge in [0.25, 0.3) is 0 Å². The molecular formula is C26H31F4N7. The molecule has 2 bridgehead atoms. The lowest BCUT2D eigenvalue weighted by Crippen LogP contribution is -2.47. The molecule has 0 amide bonds. The van der Waals surface area contributed by atoms with Gasteiger partial charge in [0.05, 0.1) is 0 Å². The molecule has 1 aromatic heterocycles. The molecule has 1 N–H and O–H groups in total. The number of aliphatic imine (C=N–C) groups is 1. The number of allylic oxidation sites excluding steroid dienone is 3. The Balaban J connectivity index is 1.32. The molecular weight excluding hydrogens is 486 g/mol. The molecule has 1 saturated heterocycles. The molecule has 11 heteroatoms. The van der Waals surface area contributed by atoms with E-state index in [0.717, 1.165) is 44.1 Å². The number of rotatable bonds is 6. The highest BCUT2D eigenvalue weighted by atomic mass is 19.4. The van der Waals surface area contributed by atoms with E-state index in [2.05, 4.69) is 22.1 Å². The number of aromatic nitrogens is 3. The summed E-state index contributed by atoms with van der Waals surface area (Å²) in [7, 11) is 0. The van der Waals surface area contributed by atoms with Crippen LogP contribution in [0.2, 0.25) is 0 Å². The van der Waals surface area contributed by atoms with Gasteiger partial charge in [0.15, 0.2) is 0 Å². The molecule has 3 aliphatic rings. The highest BCUT2D eigenvalue weighted by Gasteiger charge is 2.43. The number of anilines is 3. The van der Waals surface area contributed by atoms with Crippen molar-refractivity contribution in [3.8, 4) is 0 Å². The van der Waals surface area contributed by atoms with Gasteiger partial charge in [-0.2, -0.15) is 18.2 Å². The summed E-state index contributed by atoms with van der Waals surface area (Å²) in [4.78, 5) is 12.0. The van der Waals surface area contributed by atoms with Gasteiger partial charge in [0, 0.05) is 43.6 Å². The fourth-order valence-electron chi connectivity index (χ4n) is 5.75. The SMILES string of the molecule is C=N/C(=C\C(=C/C)N1C[C@H]2CC[C@@H](C1)C2Nc1nc2n(n1)CCCN2c1ccc(C)c(F)c1)C(F)(F)F. The molecule has 0 spiro atoms. The third-order valence-electron chi connectivity index (χ3n) is 7.65. The van der Waals surface area contributed by atoms with Gasteiger partial charge in [-0.25, -0.2) is 9.07 Å². The number of fused-ring (bicyclic) bond motifs is 3. The smallest absolute Gasteiger partial charge is 0.371 e. The van der Waals surface area contributed by atoms with Crippen molar-refractivity contribution >= 4 is 24.3 Å². The molecule has 37 heavy (non-hydrogen) atoms. The zero-order chi connectivity index (χ0) is 26.3. The van der Waals surface area contributed by atoms with Crippen molar-refractivity contribution in [1.82, 2.24) is 19.7 Å². The standard InChI is InChI=1S/C26H31F4N7/c1-4-19(13-22(31-3)26(28,29)30)35-14-17-7-8-18(15-35)23(17)32-24-33-25-36(10-5-11-37(25)34-24)20-9-6-16(2)21(27)12-20/h4,6,9,12-13,17-18,23H,3,5,7-8,10-11,14-15H2,1-2H3,(H,32,34)/b19-4+,22-13-/t17-,18+,23?. The Labute approximate surface area is 213 Å². The molecule has 2 aromatic rings. The van der Waals surface area contributed by atoms with Crippen molar-refractivity contribution in [3.05, 3.63) is 53.1 Å². The molecule has 2 aliphatic heterocycles. The van der Waals surface area contributed by atoms with Crippen molar-refractivity contribution in [2.45, 2.75) is 51.9 Å². The molecule has 1 aromatic carbocycles. The van der Waals surface area contributed by atoms with E-state index in [1.54, 1.807) is 26.0 Å². The van der Waals surface area contributed by atoms with E-state index in [0.29, 0.717) is 36.2 Å². The number of nitrogens with one attached hydrogen (secondary N) is 1. The van der Waals surface area contributed by atoms with E-state index in [1.165, 1.54) is 6.07 Å². The molecule has 3 heterocycles. The fraction of sp³-hybridized carbons (Fsp3) is 0.500. The van der Waals surface area contributed by atoms with E-state index in [9.17, 15) is 17.6 Å². The summed E-state index contributed by atoms with van der Waals surface area (Å²) in [5.74, 6) is 1.45. The number of hydrogen-bond acceptors (Lipinski definition) is 6. The van der Waals surface area contributed by atoms with E-state index < -0.39 is 11.9 Å². The normalized spacial score (nSPS) is 24.3. The van der Waals surface area contributed by atoms with Crippen LogP contribution in [-0.4, -0.2) is 58.2 Å². The van der Waals surface area contributed by atoms with Crippen molar-refractivity contribution in [2.24, 2.45) is 16.8 Å². The Morgan fingerprint density at radius 2 is 1.92 bits per heavy atom. The zero-order valence-electron chi connectivity index (χ0n) is 21.0. The van der Waals surface area contributed by atoms with Crippen molar-refractivity contribution in [1.29, 1.82) is 0 Å². The van der Waals surface area contributed by atoms with Crippen LogP contribution in [0, 0.1) is 24.6 Å². The van der Waals surface area contributed by atoms with Gasteiger partial charge in [0.2, 0.25) is 11.9 Å². The van der Waals surface area contributed by atoms with Crippen molar-refractivity contribution < 1.29 is 17.6 Å². The summed E-state index contributed by atoms with van der Waals surface area (Å²) in [5.41, 5.74) is 0.861. The summed E-state index contributed by atoms with van der Waals surface area (Å²) in [6.45, 7) is 9.29. The number of piperidine rings is 1. The van der Waals surface area contributed by atoms with Crippen LogP contribution in [-0.2, 0) is 6.54 Å². The second-order valence-electron chi connectivity index (χ2n) is 9.97. The monoisotopic (exact) mass is 517 g/mol. The molecule has 1 unspecified atom stereocenters. The van der Waals surface area contributed by atoms with Crippen LogP contribution in [0.15, 0.2) is 46.7 Å². The van der Waals surface area contributed by atoms with Gasteiger partial charge < -0.3 is 15.1 Å². The number of likely N-dealkylation sites (tertiary alicyclic amines) is 1. The van der Waals surface area contributed by atoms with Crippen LogP contribution < -0.4 is 10.2 Å². The largest absolute Gasteiger partial charge is 0.433 e. The van der Waals surface area contributed by atoms with E-state index in [1.807, 2.05) is 20.5 Å². The maximum Gasteiger partial charge on any atom is 0.433 e. The highest BCUT2D eigenvalue weighted by Crippen LogP contribution is 2.41.